The van der Waals surface area contributed by atoms with Crippen LogP contribution in [0.1, 0.15) is 50.2 Å². The number of rotatable bonds is 8. The maximum absolute atomic E-state index is 13.0. The van der Waals surface area contributed by atoms with Crippen molar-refractivity contribution in [2.75, 3.05) is 18.4 Å². The number of likely N-dealkylation sites (tertiary alicyclic amines) is 1. The molecule has 0 radical (unpaired) electrons. The van der Waals surface area contributed by atoms with E-state index >= 15 is 0 Å². The molecule has 2 aliphatic heterocycles. The number of hydrogen-bond acceptors (Lipinski definition) is 5. The Kier molecular flexibility index (Phi) is 7.70. The average molecular weight is 498 g/mol. The summed E-state index contributed by atoms with van der Waals surface area (Å²) in [5, 5.41) is 5.83. The van der Waals surface area contributed by atoms with Gasteiger partial charge in [0.1, 0.15) is 11.9 Å². The largest absolute Gasteiger partial charge is 0.350 e. The van der Waals surface area contributed by atoms with E-state index in [1.165, 1.54) is 6.07 Å². The Morgan fingerprint density at radius 2 is 1.89 bits per heavy atom. The molecule has 1 fully saturated rings. The molecule has 2 aliphatic rings. The average Bonchev–Trinajstić information content (AvgIpc) is 3.47. The van der Waals surface area contributed by atoms with Crippen LogP contribution in [0.4, 0.5) is 10.5 Å². The number of urea groups is 1. The molecule has 3 amide bonds. The Morgan fingerprint density at radius 1 is 1.11 bits per heavy atom. The molecule has 0 aromatic heterocycles. The van der Waals surface area contributed by atoms with Gasteiger partial charge in [-0.05, 0) is 49.1 Å². The number of benzene rings is 2. The van der Waals surface area contributed by atoms with Crippen LogP contribution in [0.25, 0.3) is 0 Å². The quantitative estimate of drug-likeness (QED) is 0.519. The van der Waals surface area contributed by atoms with Crippen molar-refractivity contribution >= 4 is 33.5 Å². The predicted octanol–water partition coefficient (Wildman–Crippen LogP) is 3.23. The van der Waals surface area contributed by atoms with E-state index in [0.29, 0.717) is 17.7 Å². The maximum atomic E-state index is 13.0. The third-order valence-electron chi connectivity index (χ3n) is 6.12. The molecule has 0 bridgehead atoms. The van der Waals surface area contributed by atoms with Crippen LogP contribution >= 0.6 is 0 Å². The summed E-state index contributed by atoms with van der Waals surface area (Å²) in [6.07, 6.45) is 4.21. The molecule has 186 valence electrons. The molecule has 35 heavy (non-hydrogen) atoms. The molecule has 0 saturated carbocycles. The molecule has 4 rings (SSSR count). The fraction of sp³-hybridized carbons (Fsp3) is 0.400. The molecule has 3 N–H and O–H groups in total. The lowest BCUT2D eigenvalue weighted by molar-refractivity contribution is -0.122. The molecule has 9 nitrogen and oxygen atoms in total. The van der Waals surface area contributed by atoms with Gasteiger partial charge < -0.3 is 15.5 Å². The number of carbonyl (C=O) groups excluding carboxylic acids is 2. The van der Waals surface area contributed by atoms with Crippen LogP contribution < -0.4 is 15.4 Å². The number of sulfonamides is 1. The van der Waals surface area contributed by atoms with E-state index in [2.05, 4.69) is 20.3 Å². The highest BCUT2D eigenvalue weighted by atomic mass is 32.2. The molecular weight excluding hydrogens is 466 g/mol. The van der Waals surface area contributed by atoms with Gasteiger partial charge in [0.25, 0.3) is 10.0 Å². The lowest BCUT2D eigenvalue weighted by atomic mass is 10.1. The second-order valence-corrected chi connectivity index (χ2v) is 10.4. The maximum Gasteiger partial charge on any atom is 0.321 e. The van der Waals surface area contributed by atoms with Crippen molar-refractivity contribution in [2.24, 2.45) is 4.99 Å². The van der Waals surface area contributed by atoms with E-state index < -0.39 is 16.1 Å². The lowest BCUT2D eigenvalue weighted by Crippen LogP contribution is -2.35. The first kappa shape index (κ1) is 24.7. The SMILES string of the molecule is CCCCC(N=C1NS(=O)(=O)c2ccccc21)C(=O)NCc1cccc(NC(=O)N2CCCC2)c1. The van der Waals surface area contributed by atoms with Crippen molar-refractivity contribution in [3.63, 3.8) is 0 Å². The predicted molar refractivity (Wildman–Crippen MR) is 135 cm³/mol. The summed E-state index contributed by atoms with van der Waals surface area (Å²) in [4.78, 5) is 31.9. The Hall–Kier alpha value is -3.40. The third kappa shape index (κ3) is 6.00. The summed E-state index contributed by atoms with van der Waals surface area (Å²) < 4.78 is 27.3. The van der Waals surface area contributed by atoms with Gasteiger partial charge in [-0.25, -0.2) is 13.2 Å². The van der Waals surface area contributed by atoms with Crippen molar-refractivity contribution in [3.8, 4) is 0 Å². The van der Waals surface area contributed by atoms with E-state index in [4.69, 9.17) is 0 Å². The van der Waals surface area contributed by atoms with Gasteiger partial charge in [-0.15, -0.1) is 0 Å². The number of hydrogen-bond donors (Lipinski definition) is 3. The molecule has 2 aromatic rings. The molecule has 0 aliphatic carbocycles. The van der Waals surface area contributed by atoms with Gasteiger partial charge in [0, 0.05) is 30.9 Å². The Morgan fingerprint density at radius 3 is 2.66 bits per heavy atom. The summed E-state index contributed by atoms with van der Waals surface area (Å²) in [7, 11) is -3.67. The number of unbranched alkanes of at least 4 members (excludes halogenated alkanes) is 1. The number of fused-ring (bicyclic) bond motifs is 1. The van der Waals surface area contributed by atoms with E-state index in [9.17, 15) is 18.0 Å². The summed E-state index contributed by atoms with van der Waals surface area (Å²) in [5.41, 5.74) is 1.99. The van der Waals surface area contributed by atoms with Crippen molar-refractivity contribution in [2.45, 2.75) is 56.5 Å². The molecule has 2 aromatic carbocycles. The van der Waals surface area contributed by atoms with Crippen molar-refractivity contribution in [3.05, 3.63) is 59.7 Å². The topological polar surface area (TPSA) is 120 Å². The molecule has 0 spiro atoms. The first-order chi connectivity index (χ1) is 16.9. The van der Waals surface area contributed by atoms with Gasteiger partial charge in [-0.3, -0.25) is 14.5 Å². The normalized spacial score (nSPS) is 18.1. The Balaban J connectivity index is 1.43. The van der Waals surface area contributed by atoms with Crippen LogP contribution in [-0.4, -0.2) is 50.2 Å². The minimum Gasteiger partial charge on any atom is -0.350 e. The van der Waals surface area contributed by atoms with Crippen molar-refractivity contribution in [1.82, 2.24) is 14.9 Å². The van der Waals surface area contributed by atoms with Gasteiger partial charge in [-0.2, -0.15) is 0 Å². The first-order valence-corrected chi connectivity index (χ1v) is 13.5. The molecule has 1 unspecified atom stereocenters. The van der Waals surface area contributed by atoms with E-state index in [1.807, 2.05) is 31.2 Å². The van der Waals surface area contributed by atoms with E-state index in [1.54, 1.807) is 23.1 Å². The van der Waals surface area contributed by atoms with Crippen LogP contribution in [0.15, 0.2) is 58.4 Å². The number of carbonyl (C=O) groups is 2. The second-order valence-electron chi connectivity index (χ2n) is 8.78. The van der Waals surface area contributed by atoms with Crippen molar-refractivity contribution in [1.29, 1.82) is 0 Å². The Bertz CT molecular complexity index is 1220. The van der Waals surface area contributed by atoms with Gasteiger partial charge in [0.15, 0.2) is 0 Å². The molecule has 1 saturated heterocycles. The van der Waals surface area contributed by atoms with Gasteiger partial charge in [-0.1, -0.05) is 44.0 Å². The molecule has 2 heterocycles. The van der Waals surface area contributed by atoms with E-state index in [0.717, 1.165) is 44.3 Å². The lowest BCUT2D eigenvalue weighted by Gasteiger charge is -2.17. The Labute approximate surface area is 206 Å². The third-order valence-corrected chi connectivity index (χ3v) is 7.52. The minimum atomic E-state index is -3.67. The highest BCUT2D eigenvalue weighted by Crippen LogP contribution is 2.23. The highest BCUT2D eigenvalue weighted by Gasteiger charge is 2.31. The van der Waals surface area contributed by atoms with Gasteiger partial charge >= 0.3 is 6.03 Å². The van der Waals surface area contributed by atoms with E-state index in [-0.39, 0.29) is 29.2 Å². The minimum absolute atomic E-state index is 0.113. The monoisotopic (exact) mass is 497 g/mol. The summed E-state index contributed by atoms with van der Waals surface area (Å²) in [6.45, 7) is 3.83. The van der Waals surface area contributed by atoms with Gasteiger partial charge in [0.2, 0.25) is 5.91 Å². The molecular formula is C25H31N5O4S. The van der Waals surface area contributed by atoms with Crippen LogP contribution in [0.3, 0.4) is 0 Å². The fourth-order valence-corrected chi connectivity index (χ4v) is 5.47. The summed E-state index contributed by atoms with van der Waals surface area (Å²) in [6, 6.07) is 13.1. The number of anilines is 1. The number of amides is 3. The number of nitrogens with zero attached hydrogens (tertiary/aromatic N) is 2. The number of aliphatic imine (C=N–C) groups is 1. The second kappa shape index (κ2) is 10.9. The smallest absolute Gasteiger partial charge is 0.321 e. The zero-order valence-corrected chi connectivity index (χ0v) is 20.6. The summed E-state index contributed by atoms with van der Waals surface area (Å²) >= 11 is 0. The standard InChI is InChI=1S/C25H31N5O4S/c1-2-3-12-21(28-23-20-11-4-5-13-22(20)35(33,34)29-23)24(31)26-17-18-9-8-10-19(16-18)27-25(32)30-14-6-7-15-30/h4-5,8-11,13,16,21H,2-3,6-7,12,14-15,17H2,1H3,(H,26,31)(H,27,32)(H,28,29). The van der Waals surface area contributed by atoms with Crippen LogP contribution in [0.5, 0.6) is 0 Å². The van der Waals surface area contributed by atoms with Crippen LogP contribution in [0, 0.1) is 0 Å². The van der Waals surface area contributed by atoms with Crippen LogP contribution in [-0.2, 0) is 21.4 Å². The number of nitrogens with one attached hydrogen (secondary N) is 3. The van der Waals surface area contributed by atoms with Crippen molar-refractivity contribution < 1.29 is 18.0 Å². The zero-order chi connectivity index (χ0) is 24.8. The highest BCUT2D eigenvalue weighted by molar-refractivity contribution is 7.90. The number of amidine groups is 1. The molecule has 1 atom stereocenters. The summed E-state index contributed by atoms with van der Waals surface area (Å²) in [5.74, 6) is -0.0792. The molecule has 10 heteroatoms. The fourth-order valence-electron chi connectivity index (χ4n) is 4.23. The first-order valence-electron chi connectivity index (χ1n) is 12.0. The van der Waals surface area contributed by atoms with Gasteiger partial charge in [0.05, 0.1) is 4.90 Å². The zero-order valence-electron chi connectivity index (χ0n) is 19.8. The van der Waals surface area contributed by atoms with Crippen LogP contribution in [0.2, 0.25) is 0 Å².